The molecule has 1 saturated heterocycles. The summed E-state index contributed by atoms with van der Waals surface area (Å²) >= 11 is 0. The van der Waals surface area contributed by atoms with Gasteiger partial charge < -0.3 is 0 Å². The quantitative estimate of drug-likeness (QED) is 0.518. The van der Waals surface area contributed by atoms with Crippen LogP contribution >= 0.6 is 0 Å². The highest BCUT2D eigenvalue weighted by Gasteiger charge is 2.37. The Bertz CT molecular complexity index is 947. The zero-order valence-electron chi connectivity index (χ0n) is 16.6. The molecular formula is C19H19F6N5O. The van der Waals surface area contributed by atoms with E-state index in [9.17, 15) is 31.1 Å². The predicted molar refractivity (Wildman–Crippen MR) is 99.0 cm³/mol. The molecule has 1 aromatic carbocycles. The summed E-state index contributed by atoms with van der Waals surface area (Å²) in [7, 11) is 0. The van der Waals surface area contributed by atoms with Crippen molar-refractivity contribution in [2.75, 3.05) is 13.1 Å². The number of nitrogens with zero attached hydrogens (tertiary/aromatic N) is 5. The van der Waals surface area contributed by atoms with E-state index in [2.05, 4.69) is 10.1 Å². The third-order valence-corrected chi connectivity index (χ3v) is 4.64. The molecule has 1 aromatic heterocycles. The van der Waals surface area contributed by atoms with Crippen LogP contribution in [0.2, 0.25) is 0 Å². The molecule has 168 valence electrons. The van der Waals surface area contributed by atoms with Gasteiger partial charge in [-0.15, -0.1) is 5.10 Å². The van der Waals surface area contributed by atoms with Crippen molar-refractivity contribution >= 4 is 12.1 Å². The number of halogens is 6. The number of rotatable bonds is 4. The number of hydrogen-bond donors (Lipinski definition) is 0. The topological polar surface area (TPSA) is 54.3 Å². The lowest BCUT2D eigenvalue weighted by atomic mass is 10.0. The van der Waals surface area contributed by atoms with Crippen LogP contribution in [0.15, 0.2) is 30.6 Å². The summed E-state index contributed by atoms with van der Waals surface area (Å²) in [6.45, 7) is 5.18. The Labute approximate surface area is 173 Å². The molecule has 0 radical (unpaired) electrons. The summed E-state index contributed by atoms with van der Waals surface area (Å²) in [6.07, 6.45) is -5.56. The normalized spacial score (nSPS) is 16.1. The molecule has 6 nitrogen and oxygen atoms in total. The van der Waals surface area contributed by atoms with E-state index in [1.54, 1.807) is 5.01 Å². The predicted octanol–water partition coefficient (Wildman–Crippen LogP) is 4.31. The lowest BCUT2D eigenvalue weighted by Crippen LogP contribution is -2.44. The Morgan fingerprint density at radius 3 is 2.19 bits per heavy atom. The smallest absolute Gasteiger partial charge is 0.271 e. The number of aromatic nitrogens is 3. The van der Waals surface area contributed by atoms with E-state index in [0.717, 1.165) is 24.0 Å². The average molecular weight is 447 g/mol. The van der Waals surface area contributed by atoms with Crippen molar-refractivity contribution in [2.24, 2.45) is 0 Å². The number of hydrazine groups is 1. The Morgan fingerprint density at radius 2 is 1.65 bits per heavy atom. The van der Waals surface area contributed by atoms with Crippen LogP contribution in [0.3, 0.4) is 0 Å². The van der Waals surface area contributed by atoms with Gasteiger partial charge in [0.1, 0.15) is 6.33 Å². The highest BCUT2D eigenvalue weighted by Crippen LogP contribution is 2.38. The van der Waals surface area contributed by atoms with E-state index >= 15 is 0 Å². The van der Waals surface area contributed by atoms with Crippen molar-refractivity contribution < 1.29 is 31.1 Å². The summed E-state index contributed by atoms with van der Waals surface area (Å²) in [5, 5.41) is 7.35. The highest BCUT2D eigenvalue weighted by molar-refractivity contribution is 5.89. The van der Waals surface area contributed by atoms with Gasteiger partial charge in [0, 0.05) is 37.0 Å². The van der Waals surface area contributed by atoms with E-state index in [1.165, 1.54) is 12.3 Å². The summed E-state index contributed by atoms with van der Waals surface area (Å²) < 4.78 is 79.2. The number of hydrogen-bond acceptors (Lipinski definition) is 4. The van der Waals surface area contributed by atoms with E-state index in [0.29, 0.717) is 18.7 Å². The molecule has 0 atom stereocenters. The van der Waals surface area contributed by atoms with Crippen molar-refractivity contribution in [3.05, 3.63) is 41.7 Å². The van der Waals surface area contributed by atoms with E-state index in [-0.39, 0.29) is 23.8 Å². The fourth-order valence-corrected chi connectivity index (χ4v) is 3.19. The zero-order valence-corrected chi connectivity index (χ0v) is 16.6. The minimum absolute atomic E-state index is 0.0373. The van der Waals surface area contributed by atoms with Gasteiger partial charge >= 0.3 is 12.4 Å². The van der Waals surface area contributed by atoms with Crippen LogP contribution in [0.1, 0.15) is 31.4 Å². The van der Waals surface area contributed by atoms with Crippen molar-refractivity contribution in [1.82, 2.24) is 24.8 Å². The highest BCUT2D eigenvalue weighted by atomic mass is 19.4. The lowest BCUT2D eigenvalue weighted by Gasteiger charge is -2.30. The first-order chi connectivity index (χ1) is 14.4. The molecule has 0 aliphatic carbocycles. The second-order valence-electron chi connectivity index (χ2n) is 7.23. The van der Waals surface area contributed by atoms with Crippen LogP contribution in [0.5, 0.6) is 0 Å². The van der Waals surface area contributed by atoms with Gasteiger partial charge in [0.05, 0.1) is 11.1 Å². The minimum atomic E-state index is -4.97. The van der Waals surface area contributed by atoms with Gasteiger partial charge in [-0.1, -0.05) is 0 Å². The maximum absolute atomic E-state index is 13.0. The summed E-state index contributed by atoms with van der Waals surface area (Å²) in [5.41, 5.74) is -3.35. The number of amides is 1. The molecule has 1 aliphatic heterocycles. The average Bonchev–Trinajstić information content (AvgIpc) is 3.34. The van der Waals surface area contributed by atoms with Crippen molar-refractivity contribution in [2.45, 2.75) is 38.7 Å². The Morgan fingerprint density at radius 1 is 1.03 bits per heavy atom. The van der Waals surface area contributed by atoms with Gasteiger partial charge in [0.25, 0.3) is 5.91 Å². The molecule has 12 heteroatoms. The van der Waals surface area contributed by atoms with Crippen LogP contribution in [0.4, 0.5) is 26.3 Å². The van der Waals surface area contributed by atoms with Gasteiger partial charge in [-0.25, -0.2) is 14.7 Å². The molecule has 0 unspecified atom stereocenters. The lowest BCUT2D eigenvalue weighted by molar-refractivity contribution is -0.143. The zero-order chi connectivity index (χ0) is 23.0. The molecule has 1 aliphatic rings. The molecule has 1 amide bonds. The first kappa shape index (κ1) is 22.8. The van der Waals surface area contributed by atoms with Crippen LogP contribution in [-0.2, 0) is 17.1 Å². The largest absolute Gasteiger partial charge is 0.416 e. The van der Waals surface area contributed by atoms with Gasteiger partial charge in [0.2, 0.25) is 0 Å². The number of benzene rings is 1. The molecule has 0 N–H and O–H groups in total. The number of carbonyl (C=O) groups excluding carboxylic acids is 1. The molecule has 1 fully saturated rings. The Hall–Kier alpha value is -2.89. The van der Waals surface area contributed by atoms with Crippen molar-refractivity contribution in [1.29, 1.82) is 0 Å². The molecule has 3 rings (SSSR count). The summed E-state index contributed by atoms with van der Waals surface area (Å²) in [6, 6.07) is 1.26. The molecule has 2 heterocycles. The molecule has 31 heavy (non-hydrogen) atoms. The third-order valence-electron chi connectivity index (χ3n) is 4.64. The second kappa shape index (κ2) is 8.33. The van der Waals surface area contributed by atoms with Gasteiger partial charge in [-0.3, -0.25) is 9.80 Å². The maximum atomic E-state index is 13.0. The van der Waals surface area contributed by atoms with E-state index in [4.69, 9.17) is 0 Å². The molecular weight excluding hydrogens is 428 g/mol. The standard InChI is InChI=1S/C19H19F6N5O/c1-12(2)29-5-3-6-30(29)16(31)4-7-28-11-26-17(27-28)13-8-14(18(20,21)22)10-15(9-13)19(23,24)25/h4,7-12H,3,5-6H2,1-2H3/b7-4-. The van der Waals surface area contributed by atoms with Gasteiger partial charge in [-0.05, 0) is 38.5 Å². The summed E-state index contributed by atoms with van der Waals surface area (Å²) in [5.74, 6) is -0.652. The van der Waals surface area contributed by atoms with E-state index < -0.39 is 29.0 Å². The van der Waals surface area contributed by atoms with Crippen LogP contribution in [0, 0.1) is 0 Å². The van der Waals surface area contributed by atoms with Crippen LogP contribution in [0.25, 0.3) is 17.6 Å². The molecule has 0 spiro atoms. The van der Waals surface area contributed by atoms with Crippen molar-refractivity contribution in [3.8, 4) is 11.4 Å². The Balaban J connectivity index is 1.85. The molecule has 0 saturated carbocycles. The van der Waals surface area contributed by atoms with Crippen LogP contribution in [-0.4, -0.2) is 49.8 Å². The first-order valence-corrected chi connectivity index (χ1v) is 9.33. The molecule has 2 aromatic rings. The van der Waals surface area contributed by atoms with Gasteiger partial charge in [-0.2, -0.15) is 26.3 Å². The molecule has 0 bridgehead atoms. The fraction of sp³-hybridized carbons (Fsp3) is 0.421. The minimum Gasteiger partial charge on any atom is -0.271 e. The fourth-order valence-electron chi connectivity index (χ4n) is 3.19. The maximum Gasteiger partial charge on any atom is 0.416 e. The van der Waals surface area contributed by atoms with Gasteiger partial charge in [0.15, 0.2) is 5.82 Å². The Kier molecular flexibility index (Phi) is 6.12. The van der Waals surface area contributed by atoms with E-state index in [1.807, 2.05) is 18.9 Å². The first-order valence-electron chi connectivity index (χ1n) is 9.33. The SMILES string of the molecule is CC(C)N1CCCN1C(=O)/C=C\n1cnc(-c2cc(C(F)(F)F)cc(C(F)(F)F)c2)n1. The second-order valence-corrected chi connectivity index (χ2v) is 7.23. The van der Waals surface area contributed by atoms with Crippen molar-refractivity contribution in [3.63, 3.8) is 0 Å². The third kappa shape index (κ3) is 5.24. The number of alkyl halides is 6. The number of carbonyl (C=O) groups is 1. The monoisotopic (exact) mass is 447 g/mol. The summed E-state index contributed by atoms with van der Waals surface area (Å²) in [4.78, 5) is 16.2. The van der Waals surface area contributed by atoms with Crippen LogP contribution < -0.4 is 0 Å².